The Morgan fingerprint density at radius 2 is 1.95 bits per heavy atom. The van der Waals surface area contributed by atoms with Crippen LogP contribution in [0, 0.1) is 0 Å². The SMILES string of the molecule is NCc1cccn2c(Cc3cccc(C(F)(F)F)c3)ncc12. The Labute approximate surface area is 125 Å². The molecule has 3 nitrogen and oxygen atoms in total. The maximum Gasteiger partial charge on any atom is 0.416 e. The molecule has 114 valence electrons. The van der Waals surface area contributed by atoms with Crippen molar-refractivity contribution >= 4 is 5.52 Å². The number of halogens is 3. The second-order valence-electron chi connectivity index (χ2n) is 5.04. The third-order valence-electron chi connectivity index (χ3n) is 3.57. The van der Waals surface area contributed by atoms with Crippen molar-refractivity contribution in [3.05, 3.63) is 71.3 Å². The van der Waals surface area contributed by atoms with Gasteiger partial charge in [0.2, 0.25) is 0 Å². The van der Waals surface area contributed by atoms with E-state index in [2.05, 4.69) is 4.98 Å². The number of nitrogens with zero attached hydrogens (tertiary/aromatic N) is 2. The van der Waals surface area contributed by atoms with Crippen molar-refractivity contribution in [1.29, 1.82) is 0 Å². The molecule has 2 heterocycles. The molecule has 2 aromatic heterocycles. The minimum absolute atomic E-state index is 0.326. The molecule has 0 bridgehead atoms. The van der Waals surface area contributed by atoms with Gasteiger partial charge < -0.3 is 10.1 Å². The van der Waals surface area contributed by atoms with Gasteiger partial charge in [0.05, 0.1) is 17.3 Å². The zero-order valence-corrected chi connectivity index (χ0v) is 11.6. The van der Waals surface area contributed by atoms with Crippen LogP contribution >= 0.6 is 0 Å². The average molecular weight is 305 g/mol. The standard InChI is InChI=1S/C16H14F3N3/c17-16(18,19)13-5-1-3-11(7-13)8-15-21-10-14-12(9-20)4-2-6-22(14)15/h1-7,10H,8-9,20H2. The molecule has 0 unspecified atom stereocenters. The summed E-state index contributed by atoms with van der Waals surface area (Å²) in [6.07, 6.45) is -0.473. The molecule has 0 aliphatic rings. The van der Waals surface area contributed by atoms with Gasteiger partial charge in [0.15, 0.2) is 0 Å². The van der Waals surface area contributed by atoms with Crippen LogP contribution in [0.15, 0.2) is 48.8 Å². The van der Waals surface area contributed by atoms with Gasteiger partial charge in [0.25, 0.3) is 0 Å². The molecule has 0 saturated heterocycles. The highest BCUT2D eigenvalue weighted by Gasteiger charge is 2.30. The van der Waals surface area contributed by atoms with Crippen LogP contribution in [-0.2, 0) is 19.1 Å². The van der Waals surface area contributed by atoms with E-state index >= 15 is 0 Å². The quantitative estimate of drug-likeness (QED) is 0.806. The molecule has 1 aromatic carbocycles. The van der Waals surface area contributed by atoms with Crippen LogP contribution in [-0.4, -0.2) is 9.38 Å². The van der Waals surface area contributed by atoms with Crippen molar-refractivity contribution in [3.8, 4) is 0 Å². The number of pyridine rings is 1. The number of alkyl halides is 3. The predicted molar refractivity (Wildman–Crippen MR) is 77.3 cm³/mol. The maximum atomic E-state index is 12.8. The normalized spacial score (nSPS) is 12.0. The lowest BCUT2D eigenvalue weighted by atomic mass is 10.1. The zero-order valence-electron chi connectivity index (χ0n) is 11.6. The second-order valence-corrected chi connectivity index (χ2v) is 5.04. The van der Waals surface area contributed by atoms with E-state index in [4.69, 9.17) is 5.73 Å². The molecule has 22 heavy (non-hydrogen) atoms. The minimum Gasteiger partial charge on any atom is -0.326 e. The van der Waals surface area contributed by atoms with Gasteiger partial charge in [-0.2, -0.15) is 13.2 Å². The van der Waals surface area contributed by atoms with Crippen molar-refractivity contribution in [2.45, 2.75) is 19.1 Å². The Hall–Kier alpha value is -2.34. The van der Waals surface area contributed by atoms with E-state index < -0.39 is 11.7 Å². The van der Waals surface area contributed by atoms with Crippen LogP contribution in [0.1, 0.15) is 22.5 Å². The molecule has 0 spiro atoms. The number of imidazole rings is 1. The molecule has 0 aliphatic carbocycles. The lowest BCUT2D eigenvalue weighted by Gasteiger charge is -2.09. The summed E-state index contributed by atoms with van der Waals surface area (Å²) < 4.78 is 40.2. The Kier molecular flexibility index (Phi) is 3.62. The van der Waals surface area contributed by atoms with E-state index in [1.54, 1.807) is 12.3 Å². The highest BCUT2D eigenvalue weighted by molar-refractivity contribution is 5.54. The second kappa shape index (κ2) is 5.46. The fourth-order valence-electron chi connectivity index (χ4n) is 2.48. The van der Waals surface area contributed by atoms with Crippen LogP contribution < -0.4 is 5.73 Å². The monoisotopic (exact) mass is 305 g/mol. The molecule has 3 aromatic rings. The van der Waals surface area contributed by atoms with Crippen LogP contribution in [0.3, 0.4) is 0 Å². The molecule has 0 radical (unpaired) electrons. The summed E-state index contributed by atoms with van der Waals surface area (Å²) in [6, 6.07) is 9.08. The number of aromatic nitrogens is 2. The number of fused-ring (bicyclic) bond motifs is 1. The van der Waals surface area contributed by atoms with Crippen molar-refractivity contribution in [3.63, 3.8) is 0 Å². The summed E-state index contributed by atoms with van der Waals surface area (Å²) in [4.78, 5) is 4.32. The van der Waals surface area contributed by atoms with Gasteiger partial charge >= 0.3 is 6.18 Å². The predicted octanol–water partition coefficient (Wildman–Crippen LogP) is 3.40. The van der Waals surface area contributed by atoms with Crippen LogP contribution in [0.2, 0.25) is 0 Å². The molecule has 2 N–H and O–H groups in total. The van der Waals surface area contributed by atoms with E-state index in [0.29, 0.717) is 24.4 Å². The van der Waals surface area contributed by atoms with Gasteiger partial charge in [-0.1, -0.05) is 24.3 Å². The Morgan fingerprint density at radius 3 is 2.68 bits per heavy atom. The molecule has 0 amide bonds. The van der Waals surface area contributed by atoms with Gasteiger partial charge in [-0.3, -0.25) is 0 Å². The van der Waals surface area contributed by atoms with Gasteiger partial charge in [-0.25, -0.2) is 4.98 Å². The maximum absolute atomic E-state index is 12.8. The van der Waals surface area contributed by atoms with E-state index in [1.807, 2.05) is 22.7 Å². The van der Waals surface area contributed by atoms with Crippen LogP contribution in [0.5, 0.6) is 0 Å². The highest BCUT2D eigenvalue weighted by atomic mass is 19.4. The van der Waals surface area contributed by atoms with E-state index in [9.17, 15) is 13.2 Å². The molecular formula is C16H14F3N3. The van der Waals surface area contributed by atoms with Crippen LogP contribution in [0.4, 0.5) is 13.2 Å². The Morgan fingerprint density at radius 1 is 1.14 bits per heavy atom. The first-order valence-electron chi connectivity index (χ1n) is 6.79. The molecule has 0 fully saturated rings. The first-order chi connectivity index (χ1) is 10.5. The van der Waals surface area contributed by atoms with Crippen molar-refractivity contribution in [2.75, 3.05) is 0 Å². The number of nitrogens with two attached hydrogens (primary N) is 1. The Balaban J connectivity index is 1.97. The summed E-state index contributed by atoms with van der Waals surface area (Å²) in [5, 5.41) is 0. The van der Waals surface area contributed by atoms with E-state index in [-0.39, 0.29) is 0 Å². The fraction of sp³-hybridized carbons (Fsp3) is 0.188. The molecule has 6 heteroatoms. The summed E-state index contributed by atoms with van der Waals surface area (Å²) in [6.45, 7) is 0.388. The first-order valence-corrected chi connectivity index (χ1v) is 6.79. The van der Waals surface area contributed by atoms with Crippen molar-refractivity contribution in [2.24, 2.45) is 5.73 Å². The topological polar surface area (TPSA) is 43.3 Å². The number of rotatable bonds is 3. The minimum atomic E-state index is -4.34. The third kappa shape index (κ3) is 2.69. The fourth-order valence-corrected chi connectivity index (χ4v) is 2.48. The molecule has 3 rings (SSSR count). The lowest BCUT2D eigenvalue weighted by molar-refractivity contribution is -0.137. The van der Waals surface area contributed by atoms with Crippen molar-refractivity contribution in [1.82, 2.24) is 9.38 Å². The molecule has 0 aliphatic heterocycles. The van der Waals surface area contributed by atoms with Gasteiger partial charge in [0.1, 0.15) is 5.82 Å². The summed E-state index contributed by atoms with van der Waals surface area (Å²) in [7, 11) is 0. The highest BCUT2D eigenvalue weighted by Crippen LogP contribution is 2.30. The lowest BCUT2D eigenvalue weighted by Crippen LogP contribution is -2.06. The van der Waals surface area contributed by atoms with E-state index in [1.165, 1.54) is 6.07 Å². The first kappa shape index (κ1) is 14.6. The molecule has 0 atom stereocenters. The smallest absolute Gasteiger partial charge is 0.326 e. The van der Waals surface area contributed by atoms with Crippen molar-refractivity contribution < 1.29 is 13.2 Å². The molecule has 0 saturated carbocycles. The van der Waals surface area contributed by atoms with E-state index in [0.717, 1.165) is 23.2 Å². The summed E-state index contributed by atoms with van der Waals surface area (Å²) >= 11 is 0. The average Bonchev–Trinajstić information content (AvgIpc) is 2.90. The summed E-state index contributed by atoms with van der Waals surface area (Å²) in [5.41, 5.74) is 7.44. The summed E-state index contributed by atoms with van der Waals surface area (Å²) in [5.74, 6) is 0.685. The number of hydrogen-bond acceptors (Lipinski definition) is 2. The van der Waals surface area contributed by atoms with Gasteiger partial charge in [-0.15, -0.1) is 0 Å². The molecular weight excluding hydrogens is 291 g/mol. The number of hydrogen-bond donors (Lipinski definition) is 1. The van der Waals surface area contributed by atoms with Gasteiger partial charge in [-0.05, 0) is 23.3 Å². The van der Waals surface area contributed by atoms with Gasteiger partial charge in [0, 0.05) is 19.2 Å². The number of benzene rings is 1. The Bertz CT molecular complexity index is 806. The third-order valence-corrected chi connectivity index (χ3v) is 3.57. The largest absolute Gasteiger partial charge is 0.416 e. The zero-order chi connectivity index (χ0) is 15.7. The van der Waals surface area contributed by atoms with Crippen LogP contribution in [0.25, 0.3) is 5.52 Å².